The van der Waals surface area contributed by atoms with Crippen molar-refractivity contribution in [3.63, 3.8) is 0 Å². The Hall–Kier alpha value is -0.890. The molecule has 0 aromatic heterocycles. The first kappa shape index (κ1) is 13.2. The highest BCUT2D eigenvalue weighted by atomic mass is 127. The predicted molar refractivity (Wildman–Crippen MR) is 72.8 cm³/mol. The van der Waals surface area contributed by atoms with E-state index >= 15 is 0 Å². The van der Waals surface area contributed by atoms with E-state index < -0.39 is 0 Å². The largest absolute Gasteiger partial charge is 0.383 e. The molecule has 2 N–H and O–H groups in total. The second-order valence-corrected chi connectivity index (χ2v) is 4.36. The number of nitro groups is 1. The van der Waals surface area contributed by atoms with Gasteiger partial charge in [-0.05, 0) is 35.2 Å². The summed E-state index contributed by atoms with van der Waals surface area (Å²) >= 11 is 2.09. The number of halogens is 1. The van der Waals surface area contributed by atoms with Gasteiger partial charge in [0.2, 0.25) is 0 Å². The average Bonchev–Trinajstić information content (AvgIpc) is 2.26. The Kier molecular flexibility index (Phi) is 5.47. The van der Waals surface area contributed by atoms with Crippen LogP contribution < -0.4 is 10.6 Å². The van der Waals surface area contributed by atoms with Gasteiger partial charge in [-0.25, -0.2) is 0 Å². The van der Waals surface area contributed by atoms with E-state index in [1.807, 2.05) is 0 Å². The molecule has 0 spiro atoms. The zero-order valence-electron chi connectivity index (χ0n) is 9.00. The number of nitrogens with zero attached hydrogens (tertiary/aromatic N) is 1. The third-order valence-electron chi connectivity index (χ3n) is 2.03. The second-order valence-electron chi connectivity index (χ2n) is 3.20. The van der Waals surface area contributed by atoms with Crippen molar-refractivity contribution in [1.29, 1.82) is 0 Å². The molecule has 0 radical (unpaired) electrons. The summed E-state index contributed by atoms with van der Waals surface area (Å²) in [6.45, 7) is 4.68. The molecule has 0 unspecified atom stereocenters. The number of hydrogen-bond donors (Lipinski definition) is 2. The number of benzene rings is 1. The topological polar surface area (TPSA) is 67.2 Å². The Morgan fingerprint density at radius 1 is 1.44 bits per heavy atom. The van der Waals surface area contributed by atoms with Crippen molar-refractivity contribution >= 4 is 34.0 Å². The monoisotopic (exact) mass is 335 g/mol. The second kappa shape index (κ2) is 6.64. The molecule has 0 saturated heterocycles. The number of hydrogen-bond acceptors (Lipinski definition) is 4. The summed E-state index contributed by atoms with van der Waals surface area (Å²) in [6.07, 6.45) is 0. The summed E-state index contributed by atoms with van der Waals surface area (Å²) in [4.78, 5) is 10.2. The quantitative estimate of drug-likeness (QED) is 0.362. The van der Waals surface area contributed by atoms with E-state index in [9.17, 15) is 10.1 Å². The minimum atomic E-state index is -0.384. The fourth-order valence-corrected chi connectivity index (χ4v) is 1.91. The Balaban J connectivity index is 2.57. The van der Waals surface area contributed by atoms with Crippen LogP contribution in [0, 0.1) is 13.7 Å². The third kappa shape index (κ3) is 3.93. The summed E-state index contributed by atoms with van der Waals surface area (Å²) in [5.74, 6) is 0. The van der Waals surface area contributed by atoms with E-state index in [0.717, 1.165) is 28.9 Å². The maximum absolute atomic E-state index is 10.5. The number of likely N-dealkylation sites (N-methyl/N-ethyl adjacent to an activating group) is 1. The molecule has 0 amide bonds. The van der Waals surface area contributed by atoms with E-state index in [4.69, 9.17) is 0 Å². The van der Waals surface area contributed by atoms with Crippen LogP contribution in [0.15, 0.2) is 18.2 Å². The third-order valence-corrected chi connectivity index (χ3v) is 2.92. The Bertz CT molecular complexity index is 371. The molecule has 0 fully saturated rings. The Labute approximate surface area is 108 Å². The minimum Gasteiger partial charge on any atom is -0.383 e. The van der Waals surface area contributed by atoms with Gasteiger partial charge in [-0.15, -0.1) is 0 Å². The average molecular weight is 335 g/mol. The molecule has 88 valence electrons. The van der Waals surface area contributed by atoms with Gasteiger partial charge in [-0.3, -0.25) is 10.1 Å². The number of anilines is 1. The van der Waals surface area contributed by atoms with Crippen LogP contribution in [0.5, 0.6) is 0 Å². The van der Waals surface area contributed by atoms with Crippen LogP contribution in [0.25, 0.3) is 0 Å². The molecule has 0 saturated carbocycles. The Morgan fingerprint density at radius 3 is 2.75 bits per heavy atom. The fourth-order valence-electron chi connectivity index (χ4n) is 1.22. The first-order valence-corrected chi connectivity index (χ1v) is 6.11. The van der Waals surface area contributed by atoms with Crippen molar-refractivity contribution < 1.29 is 4.92 Å². The van der Waals surface area contributed by atoms with Crippen molar-refractivity contribution in [3.8, 4) is 0 Å². The molecule has 16 heavy (non-hydrogen) atoms. The van der Waals surface area contributed by atoms with Crippen molar-refractivity contribution in [3.05, 3.63) is 31.9 Å². The van der Waals surface area contributed by atoms with Gasteiger partial charge in [0, 0.05) is 34.5 Å². The zero-order chi connectivity index (χ0) is 12.0. The smallest absolute Gasteiger partial charge is 0.270 e. The Morgan fingerprint density at radius 2 is 2.19 bits per heavy atom. The van der Waals surface area contributed by atoms with Gasteiger partial charge in [0.1, 0.15) is 0 Å². The van der Waals surface area contributed by atoms with Crippen LogP contribution in [0.1, 0.15) is 6.92 Å². The van der Waals surface area contributed by atoms with Crippen molar-refractivity contribution in [2.45, 2.75) is 6.92 Å². The van der Waals surface area contributed by atoms with Gasteiger partial charge in [0.05, 0.1) is 4.92 Å². The van der Waals surface area contributed by atoms with Gasteiger partial charge in [0.15, 0.2) is 0 Å². The van der Waals surface area contributed by atoms with Crippen LogP contribution in [0.3, 0.4) is 0 Å². The van der Waals surface area contributed by atoms with Gasteiger partial charge in [0.25, 0.3) is 5.69 Å². The molecule has 1 aromatic rings. The number of rotatable bonds is 6. The van der Waals surface area contributed by atoms with Crippen LogP contribution in [-0.4, -0.2) is 24.6 Å². The summed E-state index contributed by atoms with van der Waals surface area (Å²) in [6, 6.07) is 4.82. The van der Waals surface area contributed by atoms with E-state index in [1.165, 1.54) is 6.07 Å². The molecular weight excluding hydrogens is 321 g/mol. The van der Waals surface area contributed by atoms with Crippen LogP contribution in [0.2, 0.25) is 0 Å². The fraction of sp³-hybridized carbons (Fsp3) is 0.400. The number of non-ortho nitro benzene ring substituents is 1. The summed E-state index contributed by atoms with van der Waals surface area (Å²) in [5.41, 5.74) is 1.06. The molecule has 0 aliphatic carbocycles. The molecule has 6 heteroatoms. The van der Waals surface area contributed by atoms with Gasteiger partial charge < -0.3 is 10.6 Å². The van der Waals surface area contributed by atoms with Crippen molar-refractivity contribution in [1.82, 2.24) is 5.32 Å². The van der Waals surface area contributed by atoms with E-state index in [2.05, 4.69) is 40.1 Å². The normalized spacial score (nSPS) is 10.1. The van der Waals surface area contributed by atoms with Crippen LogP contribution >= 0.6 is 22.6 Å². The number of nitro benzene ring substituents is 1. The van der Waals surface area contributed by atoms with Crippen molar-refractivity contribution in [2.75, 3.05) is 25.0 Å². The van der Waals surface area contributed by atoms with Gasteiger partial charge in [-0.1, -0.05) is 6.92 Å². The zero-order valence-corrected chi connectivity index (χ0v) is 11.2. The maximum Gasteiger partial charge on any atom is 0.270 e. The summed E-state index contributed by atoms with van der Waals surface area (Å²) in [5, 5.41) is 17.0. The molecule has 0 aliphatic heterocycles. The lowest BCUT2D eigenvalue weighted by Gasteiger charge is -2.08. The SMILES string of the molecule is CCNCCNc1ccc([N+](=O)[O-])cc1I. The molecule has 0 bridgehead atoms. The van der Waals surface area contributed by atoms with Gasteiger partial charge >= 0.3 is 0 Å². The summed E-state index contributed by atoms with van der Waals surface area (Å²) in [7, 11) is 0. The molecule has 1 rings (SSSR count). The maximum atomic E-state index is 10.5. The molecule has 1 aromatic carbocycles. The van der Waals surface area contributed by atoms with E-state index in [0.29, 0.717) is 0 Å². The first-order chi connectivity index (χ1) is 7.65. The first-order valence-electron chi connectivity index (χ1n) is 5.03. The minimum absolute atomic E-state index is 0.127. The van der Waals surface area contributed by atoms with Crippen LogP contribution in [-0.2, 0) is 0 Å². The molecular formula is C10H14IN3O2. The summed E-state index contributed by atoms with van der Waals surface area (Å²) < 4.78 is 0.864. The highest BCUT2D eigenvalue weighted by Crippen LogP contribution is 2.23. The molecule has 0 heterocycles. The van der Waals surface area contributed by atoms with E-state index in [-0.39, 0.29) is 10.6 Å². The molecule has 0 aliphatic rings. The lowest BCUT2D eigenvalue weighted by atomic mass is 10.3. The van der Waals surface area contributed by atoms with Gasteiger partial charge in [-0.2, -0.15) is 0 Å². The van der Waals surface area contributed by atoms with Crippen LogP contribution in [0.4, 0.5) is 11.4 Å². The standard InChI is InChI=1S/C10H14IN3O2/c1-2-12-5-6-13-10-4-3-8(14(15)16)7-9(10)11/h3-4,7,12-13H,2,5-6H2,1H3. The molecule has 0 atom stereocenters. The van der Waals surface area contributed by atoms with E-state index in [1.54, 1.807) is 12.1 Å². The highest BCUT2D eigenvalue weighted by molar-refractivity contribution is 14.1. The highest BCUT2D eigenvalue weighted by Gasteiger charge is 2.08. The van der Waals surface area contributed by atoms with Crippen molar-refractivity contribution in [2.24, 2.45) is 0 Å². The number of nitrogens with one attached hydrogen (secondary N) is 2. The lowest BCUT2D eigenvalue weighted by Crippen LogP contribution is -2.21. The lowest BCUT2D eigenvalue weighted by molar-refractivity contribution is -0.384. The predicted octanol–water partition coefficient (Wildman–Crippen LogP) is 2.22. The molecule has 5 nitrogen and oxygen atoms in total.